The summed E-state index contributed by atoms with van der Waals surface area (Å²) >= 11 is 0. The van der Waals surface area contributed by atoms with Crippen molar-refractivity contribution in [2.75, 3.05) is 10.5 Å². The topological polar surface area (TPSA) is 115 Å². The first-order valence-corrected chi connectivity index (χ1v) is 11.4. The molecular weight excluding hydrogens is 418 g/mol. The average molecular weight is 444 g/mol. The van der Waals surface area contributed by atoms with Gasteiger partial charge >= 0.3 is 0 Å². The van der Waals surface area contributed by atoms with Gasteiger partial charge in [-0.15, -0.1) is 0 Å². The maximum atomic E-state index is 12.5. The molecule has 1 unspecified atom stereocenters. The molecule has 0 fully saturated rings. The lowest BCUT2D eigenvalue weighted by Crippen LogP contribution is -2.37. The highest BCUT2D eigenvalue weighted by atomic mass is 32.2. The largest absolute Gasteiger partial charge is 0.491 e. The molecule has 1 amide bonds. The fourth-order valence-corrected chi connectivity index (χ4v) is 3.93. The molecule has 0 saturated heterocycles. The van der Waals surface area contributed by atoms with Gasteiger partial charge in [0.15, 0.2) is 0 Å². The van der Waals surface area contributed by atoms with Gasteiger partial charge in [0.1, 0.15) is 24.2 Å². The highest BCUT2D eigenvalue weighted by molar-refractivity contribution is 7.93. The molecule has 0 saturated carbocycles. The van der Waals surface area contributed by atoms with E-state index in [-0.39, 0.29) is 6.10 Å². The van der Waals surface area contributed by atoms with Gasteiger partial charge in [-0.3, -0.25) is 14.2 Å². The first-order chi connectivity index (χ1) is 14.8. The number of carbonyl (C=O) groups excluding carboxylic acids is 1. The van der Waals surface area contributed by atoms with Gasteiger partial charge in [0.25, 0.3) is 0 Å². The molecule has 1 heterocycles. The number of nitrogens with zero attached hydrogens (tertiary/aromatic N) is 3. The molecule has 0 aliphatic carbocycles. The van der Waals surface area contributed by atoms with Gasteiger partial charge < -0.3 is 10.1 Å². The van der Waals surface area contributed by atoms with Crippen molar-refractivity contribution >= 4 is 21.6 Å². The number of nitrogens with one attached hydrogen (secondary N) is 2. The molecular formula is C21H25N5O4S. The lowest BCUT2D eigenvalue weighted by Gasteiger charge is -2.19. The van der Waals surface area contributed by atoms with Crippen LogP contribution in [0, 0.1) is 0 Å². The Balaban J connectivity index is 1.63. The van der Waals surface area contributed by atoms with Gasteiger partial charge in [-0.25, -0.2) is 13.4 Å². The number of sulfonamides is 1. The number of amides is 1. The molecule has 1 atom stereocenters. The Morgan fingerprint density at radius 1 is 1.10 bits per heavy atom. The van der Waals surface area contributed by atoms with E-state index in [1.165, 1.54) is 12.7 Å². The van der Waals surface area contributed by atoms with Gasteiger partial charge in [-0.05, 0) is 43.7 Å². The van der Waals surface area contributed by atoms with Gasteiger partial charge in [0.05, 0.1) is 18.7 Å². The summed E-state index contributed by atoms with van der Waals surface area (Å²) in [5.41, 5.74) is 1.18. The molecule has 0 spiro atoms. The quantitative estimate of drug-likeness (QED) is 0.497. The molecule has 2 N–H and O–H groups in total. The van der Waals surface area contributed by atoms with E-state index in [0.29, 0.717) is 18.0 Å². The highest BCUT2D eigenvalue weighted by Gasteiger charge is 2.21. The zero-order valence-corrected chi connectivity index (χ0v) is 18.1. The minimum atomic E-state index is -3.90. The summed E-state index contributed by atoms with van der Waals surface area (Å²) in [7, 11) is -3.90. The summed E-state index contributed by atoms with van der Waals surface area (Å²) in [6.45, 7) is 4.13. The third kappa shape index (κ3) is 7.10. The van der Waals surface area contributed by atoms with E-state index in [1.54, 1.807) is 28.9 Å². The third-order valence-electron chi connectivity index (χ3n) is 4.19. The van der Waals surface area contributed by atoms with Crippen LogP contribution in [-0.4, -0.2) is 40.9 Å². The summed E-state index contributed by atoms with van der Waals surface area (Å²) in [4.78, 5) is 16.4. The second-order valence-corrected chi connectivity index (χ2v) is 8.92. The van der Waals surface area contributed by atoms with Crippen LogP contribution in [0.5, 0.6) is 5.75 Å². The van der Waals surface area contributed by atoms with E-state index in [1.807, 2.05) is 44.2 Å². The molecule has 0 aliphatic rings. The second-order valence-electron chi connectivity index (χ2n) is 7.20. The second kappa shape index (κ2) is 10.1. The molecule has 10 heteroatoms. The van der Waals surface area contributed by atoms with E-state index in [2.05, 4.69) is 20.1 Å². The number of benzene rings is 2. The number of hydrogen-bond acceptors (Lipinski definition) is 6. The predicted octanol–water partition coefficient (Wildman–Crippen LogP) is 2.36. The average Bonchev–Trinajstić information content (AvgIpc) is 3.22. The first-order valence-electron chi connectivity index (χ1n) is 9.75. The van der Waals surface area contributed by atoms with Crippen molar-refractivity contribution in [2.24, 2.45) is 0 Å². The number of carbonyl (C=O) groups is 1. The smallest absolute Gasteiger partial charge is 0.241 e. The van der Waals surface area contributed by atoms with Crippen LogP contribution < -0.4 is 14.8 Å². The normalized spacial score (nSPS) is 12.4. The SMILES string of the molecule is CC(C)Oc1ccc(NS(=O)(=O)CC(=O)NC(Cn2cncn2)c2ccccc2)cc1. The number of rotatable bonds is 10. The molecule has 9 nitrogen and oxygen atoms in total. The Bertz CT molecular complexity index is 1070. The minimum Gasteiger partial charge on any atom is -0.491 e. The molecule has 2 aromatic carbocycles. The lowest BCUT2D eigenvalue weighted by atomic mass is 10.1. The van der Waals surface area contributed by atoms with E-state index >= 15 is 0 Å². The van der Waals surface area contributed by atoms with Crippen LogP contribution in [0.15, 0.2) is 67.3 Å². The molecule has 0 bridgehead atoms. The number of ether oxygens (including phenoxy) is 1. The van der Waals surface area contributed by atoms with Crippen LogP contribution in [0.25, 0.3) is 0 Å². The van der Waals surface area contributed by atoms with Gasteiger partial charge in [0, 0.05) is 5.69 Å². The molecule has 1 aromatic heterocycles. The maximum Gasteiger partial charge on any atom is 0.241 e. The van der Waals surface area contributed by atoms with Crippen LogP contribution in [0.2, 0.25) is 0 Å². The Morgan fingerprint density at radius 3 is 2.42 bits per heavy atom. The molecule has 3 rings (SSSR count). The van der Waals surface area contributed by atoms with Crippen molar-refractivity contribution in [1.29, 1.82) is 0 Å². The van der Waals surface area contributed by atoms with Crippen molar-refractivity contribution in [3.63, 3.8) is 0 Å². The zero-order chi connectivity index (χ0) is 22.3. The van der Waals surface area contributed by atoms with E-state index in [9.17, 15) is 13.2 Å². The van der Waals surface area contributed by atoms with Crippen LogP contribution in [0.4, 0.5) is 5.69 Å². The summed E-state index contributed by atoms with van der Waals surface area (Å²) < 4.78 is 34.5. The summed E-state index contributed by atoms with van der Waals surface area (Å²) in [5, 5.41) is 6.84. The van der Waals surface area contributed by atoms with E-state index in [4.69, 9.17) is 4.74 Å². The number of anilines is 1. The van der Waals surface area contributed by atoms with Gasteiger partial charge in [0.2, 0.25) is 15.9 Å². The van der Waals surface area contributed by atoms with Crippen molar-refractivity contribution in [3.8, 4) is 5.75 Å². The maximum absolute atomic E-state index is 12.5. The molecule has 3 aromatic rings. The van der Waals surface area contributed by atoms with Crippen LogP contribution >= 0.6 is 0 Å². The fraction of sp³-hybridized carbons (Fsp3) is 0.286. The third-order valence-corrected chi connectivity index (χ3v) is 5.38. The standard InChI is InChI=1S/C21H25N5O4S/c1-16(2)30-19-10-8-18(9-11-19)25-31(28,29)13-21(27)24-20(12-26-15-22-14-23-26)17-6-4-3-5-7-17/h3-11,14-16,20,25H,12-13H2,1-2H3,(H,24,27). The van der Waals surface area contributed by atoms with Crippen LogP contribution in [-0.2, 0) is 21.4 Å². The Morgan fingerprint density at radius 2 is 1.81 bits per heavy atom. The van der Waals surface area contributed by atoms with Crippen LogP contribution in [0.1, 0.15) is 25.5 Å². The van der Waals surface area contributed by atoms with Gasteiger partial charge in [-0.1, -0.05) is 30.3 Å². The summed E-state index contributed by atoms with van der Waals surface area (Å²) in [5.74, 6) is -0.700. The fourth-order valence-electron chi connectivity index (χ4n) is 2.93. The minimum absolute atomic E-state index is 0.0151. The lowest BCUT2D eigenvalue weighted by molar-refractivity contribution is -0.119. The highest BCUT2D eigenvalue weighted by Crippen LogP contribution is 2.18. The number of aromatic nitrogens is 3. The van der Waals surface area contributed by atoms with Crippen LogP contribution in [0.3, 0.4) is 0 Å². The first kappa shape index (κ1) is 22.3. The van der Waals surface area contributed by atoms with Crippen molar-refractivity contribution < 1.29 is 17.9 Å². The van der Waals surface area contributed by atoms with Crippen molar-refractivity contribution in [2.45, 2.75) is 32.5 Å². The van der Waals surface area contributed by atoms with Crippen molar-refractivity contribution in [1.82, 2.24) is 20.1 Å². The molecule has 31 heavy (non-hydrogen) atoms. The Kier molecular flexibility index (Phi) is 7.24. The predicted molar refractivity (Wildman–Crippen MR) is 117 cm³/mol. The van der Waals surface area contributed by atoms with Gasteiger partial charge in [-0.2, -0.15) is 5.10 Å². The number of hydrogen-bond donors (Lipinski definition) is 2. The van der Waals surface area contributed by atoms with Crippen molar-refractivity contribution in [3.05, 3.63) is 72.8 Å². The monoisotopic (exact) mass is 443 g/mol. The van der Waals surface area contributed by atoms with E-state index < -0.39 is 27.7 Å². The molecule has 0 aliphatic heterocycles. The summed E-state index contributed by atoms with van der Waals surface area (Å²) in [6, 6.07) is 15.3. The molecule has 0 radical (unpaired) electrons. The molecule has 164 valence electrons. The van der Waals surface area contributed by atoms with E-state index in [0.717, 1.165) is 5.56 Å². The zero-order valence-electron chi connectivity index (χ0n) is 17.3. The Labute approximate surface area is 181 Å². The Hall–Kier alpha value is -3.40. The summed E-state index contributed by atoms with van der Waals surface area (Å²) in [6.07, 6.45) is 2.95.